The molecular formula is C20H18F2N4O3S. The number of primary amides is 1. The van der Waals surface area contributed by atoms with Crippen LogP contribution in [0.4, 0.5) is 8.78 Å². The average molecular weight is 432 g/mol. The van der Waals surface area contributed by atoms with Gasteiger partial charge in [-0.1, -0.05) is 0 Å². The molecule has 3 aromatic rings. The molecule has 3 N–H and O–H groups in total. The van der Waals surface area contributed by atoms with Crippen LogP contribution in [0.3, 0.4) is 0 Å². The number of methoxy groups -OCH3 is 1. The van der Waals surface area contributed by atoms with Gasteiger partial charge in [0, 0.05) is 29.7 Å². The minimum absolute atomic E-state index is 0.0447. The van der Waals surface area contributed by atoms with Crippen LogP contribution in [0.1, 0.15) is 15.9 Å². The molecule has 1 aromatic heterocycles. The van der Waals surface area contributed by atoms with E-state index in [1.54, 1.807) is 18.6 Å². The second-order valence-electron chi connectivity index (χ2n) is 6.10. The van der Waals surface area contributed by atoms with E-state index in [1.165, 1.54) is 40.4 Å². The lowest BCUT2D eigenvalue weighted by Gasteiger charge is -2.07. The molecular weight excluding hydrogens is 414 g/mol. The zero-order valence-corrected chi connectivity index (χ0v) is 16.7. The van der Waals surface area contributed by atoms with Crippen molar-refractivity contribution in [3.05, 3.63) is 69.3 Å². The Morgan fingerprint density at radius 1 is 1.30 bits per heavy atom. The molecule has 0 fully saturated rings. The molecule has 1 amide bonds. The van der Waals surface area contributed by atoms with Crippen LogP contribution in [0.5, 0.6) is 5.75 Å². The van der Waals surface area contributed by atoms with Crippen LogP contribution in [0.15, 0.2) is 51.9 Å². The summed E-state index contributed by atoms with van der Waals surface area (Å²) in [7, 11) is 1.56. The first-order valence-electron chi connectivity index (χ1n) is 8.73. The van der Waals surface area contributed by atoms with Crippen molar-refractivity contribution in [2.45, 2.75) is 0 Å². The van der Waals surface area contributed by atoms with E-state index in [4.69, 9.17) is 10.5 Å². The Morgan fingerprint density at radius 2 is 2.10 bits per heavy atom. The number of nitrogens with zero attached hydrogens (tertiary/aromatic N) is 3. The minimum Gasteiger partial charge on any atom is -0.507 e. The van der Waals surface area contributed by atoms with E-state index in [1.807, 2.05) is 0 Å². The molecule has 156 valence electrons. The molecule has 0 bridgehead atoms. The van der Waals surface area contributed by atoms with E-state index in [0.29, 0.717) is 29.2 Å². The summed E-state index contributed by atoms with van der Waals surface area (Å²) < 4.78 is 33.6. The molecule has 10 heteroatoms. The van der Waals surface area contributed by atoms with Crippen LogP contribution in [0, 0.1) is 11.6 Å². The number of amides is 1. The van der Waals surface area contributed by atoms with Crippen molar-refractivity contribution < 1.29 is 23.4 Å². The van der Waals surface area contributed by atoms with Crippen LogP contribution >= 0.6 is 11.3 Å². The Kier molecular flexibility index (Phi) is 6.70. The standard InChI is InChI=1S/C20H18F2N4O3S/c1-29-7-6-24-20-26(25-10-13-2-4-14(21)9-16(13)22)17(11-30-20)12-3-5-18(27)15(8-12)19(23)28/h2-5,8-11,27H,6-7H2,1H3,(H2,23,28)/b24-20?,25-10+. The van der Waals surface area contributed by atoms with Crippen molar-refractivity contribution in [1.82, 2.24) is 4.68 Å². The van der Waals surface area contributed by atoms with E-state index in [2.05, 4.69) is 10.1 Å². The molecule has 0 spiro atoms. The van der Waals surface area contributed by atoms with Crippen molar-refractivity contribution in [3.8, 4) is 17.0 Å². The van der Waals surface area contributed by atoms with E-state index in [9.17, 15) is 18.7 Å². The fraction of sp³-hybridized carbons (Fsp3) is 0.150. The number of thiazole rings is 1. The summed E-state index contributed by atoms with van der Waals surface area (Å²) in [5.41, 5.74) is 6.44. The van der Waals surface area contributed by atoms with Gasteiger partial charge in [-0.3, -0.25) is 9.79 Å². The molecule has 7 nitrogen and oxygen atoms in total. The first-order valence-corrected chi connectivity index (χ1v) is 9.61. The minimum atomic E-state index is -0.780. The maximum Gasteiger partial charge on any atom is 0.252 e. The van der Waals surface area contributed by atoms with E-state index in [0.717, 1.165) is 12.1 Å². The monoisotopic (exact) mass is 432 g/mol. The number of nitrogens with two attached hydrogens (primary N) is 1. The van der Waals surface area contributed by atoms with Crippen LogP contribution < -0.4 is 10.5 Å². The van der Waals surface area contributed by atoms with Crippen molar-refractivity contribution in [3.63, 3.8) is 0 Å². The number of aromatic nitrogens is 1. The lowest BCUT2D eigenvalue weighted by Crippen LogP contribution is -2.14. The predicted molar refractivity (Wildman–Crippen MR) is 110 cm³/mol. The van der Waals surface area contributed by atoms with Crippen molar-refractivity contribution in [1.29, 1.82) is 0 Å². The number of carbonyl (C=O) groups is 1. The third kappa shape index (κ3) is 4.78. The molecule has 1 heterocycles. The van der Waals surface area contributed by atoms with E-state index >= 15 is 0 Å². The third-order valence-electron chi connectivity index (χ3n) is 4.06. The van der Waals surface area contributed by atoms with Crippen molar-refractivity contribution >= 4 is 23.5 Å². The Bertz CT molecular complexity index is 1170. The summed E-state index contributed by atoms with van der Waals surface area (Å²) in [5, 5.41) is 15.9. The maximum absolute atomic E-state index is 14.0. The molecule has 0 saturated carbocycles. The quantitative estimate of drug-likeness (QED) is 0.443. The highest BCUT2D eigenvalue weighted by Crippen LogP contribution is 2.26. The smallest absolute Gasteiger partial charge is 0.252 e. The first kappa shape index (κ1) is 21.3. The number of phenols is 1. The highest BCUT2D eigenvalue weighted by molar-refractivity contribution is 7.07. The average Bonchev–Trinajstić information content (AvgIpc) is 3.10. The normalized spacial score (nSPS) is 12.0. The summed E-state index contributed by atoms with van der Waals surface area (Å²) in [5.74, 6) is -2.46. The molecule has 30 heavy (non-hydrogen) atoms. The Hall–Kier alpha value is -3.37. The number of rotatable bonds is 7. The van der Waals surface area contributed by atoms with Gasteiger partial charge >= 0.3 is 0 Å². The second kappa shape index (κ2) is 9.42. The van der Waals surface area contributed by atoms with Crippen molar-refractivity contribution in [2.24, 2.45) is 15.8 Å². The van der Waals surface area contributed by atoms with Gasteiger partial charge in [0.25, 0.3) is 5.91 Å². The molecule has 0 saturated heterocycles. The second-order valence-corrected chi connectivity index (χ2v) is 6.93. The number of ether oxygens (including phenoxy) is 1. The summed E-state index contributed by atoms with van der Waals surface area (Å²) in [6.07, 6.45) is 1.25. The van der Waals surface area contributed by atoms with Gasteiger partial charge in [0.2, 0.25) is 4.80 Å². The lowest BCUT2D eigenvalue weighted by molar-refractivity contribution is 0.0998. The summed E-state index contributed by atoms with van der Waals surface area (Å²) in [6.45, 7) is 0.771. The van der Waals surface area contributed by atoms with Gasteiger partial charge < -0.3 is 15.6 Å². The van der Waals surface area contributed by atoms with E-state index in [-0.39, 0.29) is 16.9 Å². The van der Waals surface area contributed by atoms with E-state index < -0.39 is 17.5 Å². The van der Waals surface area contributed by atoms with Crippen LogP contribution in [-0.2, 0) is 4.74 Å². The van der Waals surface area contributed by atoms with Gasteiger partial charge in [-0.15, -0.1) is 11.3 Å². The Labute approximate surface area is 174 Å². The molecule has 0 aliphatic carbocycles. The van der Waals surface area contributed by atoms with Gasteiger partial charge in [0.05, 0.1) is 30.6 Å². The Morgan fingerprint density at radius 3 is 2.80 bits per heavy atom. The van der Waals surface area contributed by atoms with Crippen LogP contribution in [0.25, 0.3) is 11.3 Å². The molecule has 0 aliphatic heterocycles. The third-order valence-corrected chi connectivity index (χ3v) is 4.91. The fourth-order valence-corrected chi connectivity index (χ4v) is 3.43. The predicted octanol–water partition coefficient (Wildman–Crippen LogP) is 2.73. The van der Waals surface area contributed by atoms with Gasteiger partial charge in [0.1, 0.15) is 17.4 Å². The topological polar surface area (TPSA) is 102 Å². The lowest BCUT2D eigenvalue weighted by atomic mass is 10.1. The number of aromatic hydroxyl groups is 1. The summed E-state index contributed by atoms with van der Waals surface area (Å²) in [4.78, 5) is 16.5. The highest BCUT2D eigenvalue weighted by Gasteiger charge is 2.13. The molecule has 0 aliphatic rings. The molecule has 3 rings (SSSR count). The number of hydrogen-bond donors (Lipinski definition) is 2. The van der Waals surface area contributed by atoms with Gasteiger partial charge in [-0.05, 0) is 30.3 Å². The molecule has 0 atom stereocenters. The summed E-state index contributed by atoms with van der Waals surface area (Å²) >= 11 is 1.28. The number of halogens is 2. The molecule has 0 radical (unpaired) electrons. The zero-order valence-electron chi connectivity index (χ0n) is 15.9. The zero-order chi connectivity index (χ0) is 21.7. The number of hydrogen-bond acceptors (Lipinski definition) is 6. The van der Waals surface area contributed by atoms with Gasteiger partial charge in [-0.2, -0.15) is 5.10 Å². The summed E-state index contributed by atoms with van der Waals surface area (Å²) in [6, 6.07) is 7.54. The molecule has 0 unspecified atom stereocenters. The molecule has 2 aromatic carbocycles. The van der Waals surface area contributed by atoms with Gasteiger partial charge in [-0.25, -0.2) is 13.5 Å². The largest absolute Gasteiger partial charge is 0.507 e. The SMILES string of the molecule is COCCN=c1scc(-c2ccc(O)c(C(N)=O)c2)n1/N=C/c1ccc(F)cc1F. The van der Waals surface area contributed by atoms with Crippen molar-refractivity contribution in [2.75, 3.05) is 20.3 Å². The number of carbonyl (C=O) groups excluding carboxylic acids is 1. The maximum atomic E-state index is 14.0. The fourth-order valence-electron chi connectivity index (χ4n) is 2.57. The number of benzene rings is 2. The van der Waals surface area contributed by atoms with Crippen LogP contribution in [-0.4, -0.2) is 42.2 Å². The van der Waals surface area contributed by atoms with Crippen LogP contribution in [0.2, 0.25) is 0 Å². The highest BCUT2D eigenvalue weighted by atomic mass is 32.1. The first-order chi connectivity index (χ1) is 14.4. The van der Waals surface area contributed by atoms with Gasteiger partial charge in [0.15, 0.2) is 0 Å². The Balaban J connectivity index is 2.11.